The molecule has 0 saturated carbocycles. The van der Waals surface area contributed by atoms with Gasteiger partial charge in [-0.2, -0.15) is 0 Å². The fraction of sp³-hybridized carbons (Fsp3) is 0.133. The molecule has 0 bridgehead atoms. The maximum atomic E-state index is 13.1. The van der Waals surface area contributed by atoms with Crippen molar-refractivity contribution in [3.63, 3.8) is 0 Å². The van der Waals surface area contributed by atoms with E-state index in [-0.39, 0.29) is 11.8 Å². The molecule has 4 aromatic rings. The zero-order valence-electron chi connectivity index (χ0n) is 20.6. The Labute approximate surface area is 232 Å². The average Bonchev–Trinajstić information content (AvgIpc) is 2.94. The van der Waals surface area contributed by atoms with Crippen molar-refractivity contribution in [2.75, 3.05) is 0 Å². The van der Waals surface area contributed by atoms with Gasteiger partial charge in [-0.3, -0.25) is 9.59 Å². The van der Waals surface area contributed by atoms with E-state index >= 15 is 0 Å². The van der Waals surface area contributed by atoms with Crippen molar-refractivity contribution in [1.29, 1.82) is 0 Å². The summed E-state index contributed by atoms with van der Waals surface area (Å²) in [7, 11) is 0. The SMILES string of the molecule is NCc1ccc(CNC(=O)c2cc(C(=O)NCc3ccc(CN)cc3)cc(-c3cc(Cl)cc(Cl)c3)c2)cc1. The maximum absolute atomic E-state index is 13.1. The highest BCUT2D eigenvalue weighted by atomic mass is 35.5. The Hall–Kier alpha value is -3.68. The molecule has 0 aliphatic rings. The van der Waals surface area contributed by atoms with E-state index in [1.54, 1.807) is 36.4 Å². The molecule has 6 nitrogen and oxygen atoms in total. The molecule has 0 unspecified atom stereocenters. The van der Waals surface area contributed by atoms with Gasteiger partial charge in [0, 0.05) is 47.4 Å². The van der Waals surface area contributed by atoms with Gasteiger partial charge in [-0.25, -0.2) is 0 Å². The molecule has 4 rings (SSSR count). The zero-order valence-corrected chi connectivity index (χ0v) is 22.2. The van der Waals surface area contributed by atoms with Crippen LogP contribution >= 0.6 is 23.2 Å². The number of hydrogen-bond acceptors (Lipinski definition) is 4. The second-order valence-corrected chi connectivity index (χ2v) is 9.74. The number of amides is 2. The van der Waals surface area contributed by atoms with Crippen LogP contribution in [0.15, 0.2) is 84.9 Å². The molecule has 6 N–H and O–H groups in total. The summed E-state index contributed by atoms with van der Waals surface area (Å²) in [5.41, 5.74) is 17.2. The lowest BCUT2D eigenvalue weighted by Crippen LogP contribution is -2.25. The predicted molar refractivity (Wildman–Crippen MR) is 153 cm³/mol. The van der Waals surface area contributed by atoms with Crippen molar-refractivity contribution in [2.24, 2.45) is 11.5 Å². The Morgan fingerprint density at radius 3 is 1.32 bits per heavy atom. The van der Waals surface area contributed by atoms with Gasteiger partial charge < -0.3 is 22.1 Å². The molecule has 4 aromatic carbocycles. The molecule has 0 atom stereocenters. The topological polar surface area (TPSA) is 110 Å². The first-order chi connectivity index (χ1) is 18.3. The van der Waals surface area contributed by atoms with Crippen LogP contribution in [0, 0.1) is 0 Å². The van der Waals surface area contributed by atoms with E-state index in [2.05, 4.69) is 10.6 Å². The first-order valence-electron chi connectivity index (χ1n) is 12.1. The highest BCUT2D eigenvalue weighted by Crippen LogP contribution is 2.29. The molecule has 0 fully saturated rings. The number of benzene rings is 4. The number of nitrogens with one attached hydrogen (secondary N) is 2. The molecule has 0 aliphatic heterocycles. The van der Waals surface area contributed by atoms with Crippen LogP contribution in [0.1, 0.15) is 43.0 Å². The second-order valence-electron chi connectivity index (χ2n) is 8.86. The first-order valence-corrected chi connectivity index (χ1v) is 12.8. The van der Waals surface area contributed by atoms with Crippen molar-refractivity contribution < 1.29 is 9.59 Å². The van der Waals surface area contributed by atoms with Crippen LogP contribution in [0.25, 0.3) is 11.1 Å². The largest absolute Gasteiger partial charge is 0.348 e. The number of carbonyl (C=O) groups excluding carboxylic acids is 2. The minimum absolute atomic E-state index is 0.311. The Balaban J connectivity index is 1.58. The van der Waals surface area contributed by atoms with E-state index in [4.69, 9.17) is 34.7 Å². The third-order valence-corrected chi connectivity index (χ3v) is 6.51. The van der Waals surface area contributed by atoms with Crippen LogP contribution in [-0.2, 0) is 26.2 Å². The second kappa shape index (κ2) is 12.7. The molecule has 0 saturated heterocycles. The molecule has 0 radical (unpaired) electrons. The first kappa shape index (κ1) is 27.4. The number of nitrogens with two attached hydrogens (primary N) is 2. The van der Waals surface area contributed by atoms with Gasteiger partial charge in [0.25, 0.3) is 11.8 Å². The van der Waals surface area contributed by atoms with Gasteiger partial charge in [-0.1, -0.05) is 71.7 Å². The number of halogens is 2. The monoisotopic (exact) mass is 546 g/mol. The van der Waals surface area contributed by atoms with Crippen molar-refractivity contribution >= 4 is 35.0 Å². The molecule has 0 aliphatic carbocycles. The third kappa shape index (κ3) is 7.21. The number of hydrogen-bond donors (Lipinski definition) is 4. The molecule has 194 valence electrons. The van der Waals surface area contributed by atoms with Crippen molar-refractivity contribution in [3.05, 3.63) is 128 Å². The quantitative estimate of drug-likeness (QED) is 0.224. The van der Waals surface area contributed by atoms with Crippen molar-refractivity contribution in [1.82, 2.24) is 10.6 Å². The van der Waals surface area contributed by atoms with Crippen molar-refractivity contribution in [2.45, 2.75) is 26.2 Å². The summed E-state index contributed by atoms with van der Waals surface area (Å²) >= 11 is 12.4. The molecule has 0 aromatic heterocycles. The summed E-state index contributed by atoms with van der Waals surface area (Å²) in [6, 6.07) is 25.5. The lowest BCUT2D eigenvalue weighted by molar-refractivity contribution is 0.0950. The molecule has 0 heterocycles. The summed E-state index contributed by atoms with van der Waals surface area (Å²) < 4.78 is 0. The average molecular weight is 547 g/mol. The van der Waals surface area contributed by atoms with Crippen LogP contribution < -0.4 is 22.1 Å². The maximum Gasteiger partial charge on any atom is 0.251 e. The van der Waals surface area contributed by atoms with Crippen LogP contribution in [0.5, 0.6) is 0 Å². The van der Waals surface area contributed by atoms with Gasteiger partial charge in [0.15, 0.2) is 0 Å². The van der Waals surface area contributed by atoms with Crippen LogP contribution in [0.3, 0.4) is 0 Å². The highest BCUT2D eigenvalue weighted by molar-refractivity contribution is 6.35. The van der Waals surface area contributed by atoms with Gasteiger partial charge >= 0.3 is 0 Å². The minimum atomic E-state index is -0.311. The van der Waals surface area contributed by atoms with E-state index in [1.165, 1.54) is 0 Å². The third-order valence-electron chi connectivity index (χ3n) is 6.08. The van der Waals surface area contributed by atoms with E-state index in [0.717, 1.165) is 22.3 Å². The van der Waals surface area contributed by atoms with Crippen molar-refractivity contribution in [3.8, 4) is 11.1 Å². The van der Waals surface area contributed by atoms with Crippen LogP contribution in [0.2, 0.25) is 10.0 Å². The summed E-state index contributed by atoms with van der Waals surface area (Å²) in [6.45, 7) is 1.57. The van der Waals surface area contributed by atoms with E-state index in [1.807, 2.05) is 48.5 Å². The lowest BCUT2D eigenvalue weighted by Gasteiger charge is -2.12. The predicted octanol–water partition coefficient (Wildman–Crippen LogP) is 5.44. The zero-order chi connectivity index (χ0) is 27.1. The summed E-state index contributed by atoms with van der Waals surface area (Å²) in [5.74, 6) is -0.622. The Bertz CT molecular complexity index is 1340. The fourth-order valence-electron chi connectivity index (χ4n) is 3.93. The summed E-state index contributed by atoms with van der Waals surface area (Å²) in [4.78, 5) is 26.3. The smallest absolute Gasteiger partial charge is 0.251 e. The molecule has 2 amide bonds. The molecule has 0 spiro atoms. The fourth-order valence-corrected chi connectivity index (χ4v) is 4.46. The van der Waals surface area contributed by atoms with Gasteiger partial charge in [-0.05, 0) is 69.8 Å². The Morgan fingerprint density at radius 1 is 0.553 bits per heavy atom. The molecular formula is C30H28Cl2N4O2. The Kier molecular flexibility index (Phi) is 9.15. The highest BCUT2D eigenvalue weighted by Gasteiger charge is 2.15. The van der Waals surface area contributed by atoms with Gasteiger partial charge in [0.05, 0.1) is 0 Å². The normalized spacial score (nSPS) is 10.7. The van der Waals surface area contributed by atoms with E-state index in [0.29, 0.717) is 58.5 Å². The number of rotatable bonds is 9. The minimum Gasteiger partial charge on any atom is -0.348 e. The van der Waals surface area contributed by atoms with E-state index in [9.17, 15) is 9.59 Å². The summed E-state index contributed by atoms with van der Waals surface area (Å²) in [5, 5.41) is 6.76. The summed E-state index contributed by atoms with van der Waals surface area (Å²) in [6.07, 6.45) is 0. The van der Waals surface area contributed by atoms with Crippen LogP contribution in [0.4, 0.5) is 0 Å². The molecule has 8 heteroatoms. The Morgan fingerprint density at radius 2 is 0.921 bits per heavy atom. The standard InChI is InChI=1S/C30H28Cl2N4O2/c31-27-12-24(13-28(32)14-27)23-9-25(29(37)35-17-21-5-1-19(15-33)2-6-21)11-26(10-23)30(38)36-18-22-7-3-20(16-34)4-8-22/h1-14H,15-18,33-34H2,(H,35,37)(H,36,38). The van der Waals surface area contributed by atoms with Gasteiger partial charge in [0.2, 0.25) is 0 Å². The van der Waals surface area contributed by atoms with Crippen LogP contribution in [-0.4, -0.2) is 11.8 Å². The van der Waals surface area contributed by atoms with Gasteiger partial charge in [-0.15, -0.1) is 0 Å². The number of carbonyl (C=O) groups is 2. The molecular weight excluding hydrogens is 519 g/mol. The van der Waals surface area contributed by atoms with Gasteiger partial charge in [0.1, 0.15) is 0 Å². The van der Waals surface area contributed by atoms with E-state index < -0.39 is 0 Å². The molecule has 38 heavy (non-hydrogen) atoms. The lowest BCUT2D eigenvalue weighted by atomic mass is 9.98.